The molecule has 9 nitrogen and oxygen atoms in total. The molecule has 1 aliphatic heterocycles. The van der Waals surface area contributed by atoms with Gasteiger partial charge >= 0.3 is 5.69 Å². The van der Waals surface area contributed by atoms with Crippen LogP contribution in [0.3, 0.4) is 0 Å². The first kappa shape index (κ1) is 21.6. The third-order valence-electron chi connectivity index (χ3n) is 5.85. The minimum atomic E-state index is -0.749. The smallest absolute Gasteiger partial charge is 0.331 e. The number of nitriles is 1. The molecule has 0 fully saturated rings. The molecule has 11 heteroatoms. The molecule has 0 amide bonds. The lowest BCUT2D eigenvalue weighted by atomic mass is 10.1. The van der Waals surface area contributed by atoms with Crippen molar-refractivity contribution in [3.63, 3.8) is 0 Å². The molecule has 0 saturated carbocycles. The summed E-state index contributed by atoms with van der Waals surface area (Å²) in [6.45, 7) is -0.00221. The van der Waals surface area contributed by atoms with E-state index in [2.05, 4.69) is 11.1 Å². The third kappa shape index (κ3) is 3.24. The van der Waals surface area contributed by atoms with Crippen molar-refractivity contribution in [2.24, 2.45) is 14.1 Å². The SMILES string of the molecule is Cn1c(=O)c2c(-c3cccc(C#N)c3)n3c(c2n(C)c1=O)[C@@H](c1nc(Cl)cs1)O[C@@H](CO)C3. The van der Waals surface area contributed by atoms with Crippen LogP contribution in [-0.4, -0.2) is 36.5 Å². The van der Waals surface area contributed by atoms with Crippen LogP contribution >= 0.6 is 22.9 Å². The Labute approximate surface area is 196 Å². The van der Waals surface area contributed by atoms with Crippen LogP contribution in [0.1, 0.15) is 22.4 Å². The zero-order valence-corrected chi connectivity index (χ0v) is 19.2. The van der Waals surface area contributed by atoms with Crippen molar-refractivity contribution >= 4 is 33.8 Å². The molecular weight excluding hydrogens is 466 g/mol. The lowest BCUT2D eigenvalue weighted by Gasteiger charge is -2.31. The number of aryl methyl sites for hydroxylation is 1. The van der Waals surface area contributed by atoms with Crippen LogP contribution in [-0.2, 0) is 25.4 Å². The highest BCUT2D eigenvalue weighted by Gasteiger charge is 2.37. The molecule has 4 aromatic rings. The Kier molecular flexibility index (Phi) is 5.22. The van der Waals surface area contributed by atoms with E-state index in [1.165, 1.54) is 23.0 Å². The summed E-state index contributed by atoms with van der Waals surface area (Å²) in [6.07, 6.45) is -1.33. The topological polar surface area (TPSA) is 115 Å². The Morgan fingerprint density at radius 3 is 2.79 bits per heavy atom. The summed E-state index contributed by atoms with van der Waals surface area (Å²) in [5.74, 6) is 0. The molecule has 1 N–H and O–H groups in total. The Morgan fingerprint density at radius 2 is 2.12 bits per heavy atom. The van der Waals surface area contributed by atoms with Crippen LogP contribution in [0.2, 0.25) is 5.15 Å². The van der Waals surface area contributed by atoms with E-state index in [0.717, 1.165) is 4.57 Å². The largest absolute Gasteiger partial charge is 0.394 e. The number of ether oxygens (including phenoxy) is 1. The lowest BCUT2D eigenvalue weighted by Crippen LogP contribution is -2.37. The molecule has 4 heterocycles. The minimum absolute atomic E-state index is 0.250. The molecule has 1 aliphatic rings. The predicted octanol–water partition coefficient (Wildman–Crippen LogP) is 2.17. The van der Waals surface area contributed by atoms with Crippen LogP contribution in [0.5, 0.6) is 0 Å². The van der Waals surface area contributed by atoms with Gasteiger partial charge in [-0.1, -0.05) is 23.7 Å². The molecule has 3 aromatic heterocycles. The first-order valence-corrected chi connectivity index (χ1v) is 11.3. The molecular formula is C22H18ClN5O4S. The number of fused-ring (bicyclic) bond motifs is 3. The summed E-state index contributed by atoms with van der Waals surface area (Å²) in [6, 6.07) is 9.06. The van der Waals surface area contributed by atoms with Crippen LogP contribution in [0, 0.1) is 11.3 Å². The summed E-state index contributed by atoms with van der Waals surface area (Å²) in [5, 5.41) is 22.2. The molecule has 33 heavy (non-hydrogen) atoms. The van der Waals surface area contributed by atoms with Crippen LogP contribution in [0.4, 0.5) is 0 Å². The van der Waals surface area contributed by atoms with Crippen LogP contribution in [0.25, 0.3) is 22.2 Å². The Balaban J connectivity index is 1.97. The van der Waals surface area contributed by atoms with Gasteiger partial charge in [0.1, 0.15) is 10.2 Å². The fourth-order valence-corrected chi connectivity index (χ4v) is 5.39. The first-order valence-electron chi connectivity index (χ1n) is 10.1. The maximum Gasteiger partial charge on any atom is 0.331 e. The molecule has 5 rings (SSSR count). The van der Waals surface area contributed by atoms with Crippen LogP contribution in [0.15, 0.2) is 39.2 Å². The van der Waals surface area contributed by atoms with E-state index < -0.39 is 23.5 Å². The quantitative estimate of drug-likeness (QED) is 0.477. The van der Waals surface area contributed by atoms with Crippen molar-refractivity contribution in [2.75, 3.05) is 6.61 Å². The number of benzene rings is 1. The zero-order valence-electron chi connectivity index (χ0n) is 17.6. The van der Waals surface area contributed by atoms with E-state index in [1.807, 2.05) is 10.6 Å². The molecule has 168 valence electrons. The summed E-state index contributed by atoms with van der Waals surface area (Å²) in [5.41, 5.74) is 1.72. The molecule has 0 aliphatic carbocycles. The number of aliphatic hydroxyl groups excluding tert-OH is 1. The molecule has 0 unspecified atom stereocenters. The maximum absolute atomic E-state index is 13.4. The number of hydrogen-bond acceptors (Lipinski definition) is 7. The number of aliphatic hydroxyl groups is 1. The summed E-state index contributed by atoms with van der Waals surface area (Å²) in [4.78, 5) is 30.6. The van der Waals surface area contributed by atoms with E-state index in [-0.39, 0.29) is 13.2 Å². The van der Waals surface area contributed by atoms with Gasteiger partial charge < -0.3 is 14.4 Å². The molecule has 2 atom stereocenters. The van der Waals surface area contributed by atoms with Gasteiger partial charge in [0.15, 0.2) is 6.10 Å². The number of nitrogens with zero attached hydrogens (tertiary/aromatic N) is 5. The molecule has 1 aromatic carbocycles. The summed E-state index contributed by atoms with van der Waals surface area (Å²) >= 11 is 7.37. The fourth-order valence-electron chi connectivity index (χ4n) is 4.40. The minimum Gasteiger partial charge on any atom is -0.394 e. The monoisotopic (exact) mass is 483 g/mol. The van der Waals surface area contributed by atoms with Gasteiger partial charge in [-0.15, -0.1) is 11.3 Å². The Hall–Kier alpha value is -3.23. The molecule has 0 saturated heterocycles. The second-order valence-corrected chi connectivity index (χ2v) is 9.07. The van der Waals surface area contributed by atoms with Gasteiger partial charge in [-0.2, -0.15) is 5.26 Å². The first-order chi connectivity index (χ1) is 15.8. The Morgan fingerprint density at radius 1 is 1.33 bits per heavy atom. The highest BCUT2D eigenvalue weighted by molar-refractivity contribution is 7.10. The van der Waals surface area contributed by atoms with Gasteiger partial charge in [-0.25, -0.2) is 9.78 Å². The van der Waals surface area contributed by atoms with Gasteiger partial charge in [0, 0.05) is 25.0 Å². The number of rotatable bonds is 3. The van der Waals surface area contributed by atoms with Crippen molar-refractivity contribution in [1.82, 2.24) is 18.7 Å². The van der Waals surface area contributed by atoms with Gasteiger partial charge in [-0.3, -0.25) is 13.9 Å². The number of hydrogen-bond donors (Lipinski definition) is 1. The number of thiazole rings is 1. The second-order valence-electron chi connectivity index (χ2n) is 7.80. The summed E-state index contributed by atoms with van der Waals surface area (Å²) in [7, 11) is 3.03. The highest BCUT2D eigenvalue weighted by atomic mass is 35.5. The Bertz CT molecular complexity index is 1570. The number of halogens is 1. The van der Waals surface area contributed by atoms with Gasteiger partial charge in [0.25, 0.3) is 5.56 Å². The molecule has 0 radical (unpaired) electrons. The van der Waals surface area contributed by atoms with Crippen molar-refractivity contribution in [1.29, 1.82) is 5.26 Å². The fraction of sp³-hybridized carbons (Fsp3) is 0.273. The average molecular weight is 484 g/mol. The van der Waals surface area contributed by atoms with Gasteiger partial charge in [0.05, 0.1) is 53.2 Å². The van der Waals surface area contributed by atoms with E-state index >= 15 is 0 Å². The molecule has 0 spiro atoms. The van der Waals surface area contributed by atoms with E-state index in [0.29, 0.717) is 43.6 Å². The van der Waals surface area contributed by atoms with Crippen molar-refractivity contribution in [2.45, 2.75) is 18.8 Å². The third-order valence-corrected chi connectivity index (χ3v) is 7.07. The number of aromatic nitrogens is 4. The molecule has 0 bridgehead atoms. The van der Waals surface area contributed by atoms with Crippen molar-refractivity contribution in [3.05, 3.63) is 71.9 Å². The normalized spacial score (nSPS) is 17.8. The highest BCUT2D eigenvalue weighted by Crippen LogP contribution is 2.43. The van der Waals surface area contributed by atoms with E-state index in [9.17, 15) is 20.0 Å². The van der Waals surface area contributed by atoms with Crippen molar-refractivity contribution < 1.29 is 9.84 Å². The van der Waals surface area contributed by atoms with Gasteiger partial charge in [0.2, 0.25) is 0 Å². The average Bonchev–Trinajstić information content (AvgIpc) is 3.42. The maximum atomic E-state index is 13.4. The standard InChI is InChI=1S/C22H18ClN5O4S/c1-26-17-15(21(30)27(2)22(26)31)16(12-5-3-4-11(6-12)7-24)28-8-13(9-29)32-19(18(17)28)20-25-14(23)10-33-20/h3-6,10,13,19,29H,8-9H2,1-2H3/t13-,19+/m1/s1. The zero-order chi connectivity index (χ0) is 23.4. The summed E-state index contributed by atoms with van der Waals surface area (Å²) < 4.78 is 10.5. The van der Waals surface area contributed by atoms with E-state index in [4.69, 9.17) is 16.3 Å². The second kappa shape index (κ2) is 7.97. The lowest BCUT2D eigenvalue weighted by molar-refractivity contribution is -0.0517. The van der Waals surface area contributed by atoms with Crippen molar-refractivity contribution in [3.8, 4) is 17.3 Å². The van der Waals surface area contributed by atoms with E-state index in [1.54, 1.807) is 30.6 Å². The van der Waals surface area contributed by atoms with Gasteiger partial charge in [-0.05, 0) is 12.1 Å². The predicted molar refractivity (Wildman–Crippen MR) is 123 cm³/mol. The van der Waals surface area contributed by atoms with Crippen LogP contribution < -0.4 is 11.2 Å².